The molecule has 0 saturated carbocycles. The third-order valence-electron chi connectivity index (χ3n) is 4.09. The molecule has 27 heavy (non-hydrogen) atoms. The van der Waals surface area contributed by atoms with E-state index in [4.69, 9.17) is 13.3 Å². The fourth-order valence-corrected chi connectivity index (χ4v) is 2.76. The summed E-state index contributed by atoms with van der Waals surface area (Å²) < 4.78 is 29.5. The van der Waals surface area contributed by atoms with Gasteiger partial charge in [-0.2, -0.15) is 0 Å². The highest BCUT2D eigenvalue weighted by Crippen LogP contribution is 2.24. The van der Waals surface area contributed by atoms with Crippen LogP contribution in [0.2, 0.25) is 0 Å². The molecule has 0 N–H and O–H groups in total. The van der Waals surface area contributed by atoms with Crippen LogP contribution in [0.5, 0.6) is 0 Å². The smallest absolute Gasteiger partial charge is 0.290 e. The molecular weight excluding hydrogens is 349 g/mol. The monoisotopic (exact) mass is 365 g/mol. The average Bonchev–Trinajstić information content (AvgIpc) is 3.44. The highest BCUT2D eigenvalue weighted by atomic mass is 19.1. The van der Waals surface area contributed by atoms with Gasteiger partial charge in [-0.05, 0) is 60.7 Å². The molecule has 0 unspecified atom stereocenters. The second kappa shape index (κ2) is 7.37. The van der Waals surface area contributed by atoms with Gasteiger partial charge >= 0.3 is 0 Å². The topological polar surface area (TPSA) is 59.7 Å². The third-order valence-corrected chi connectivity index (χ3v) is 4.09. The molecule has 1 aromatic carbocycles. The zero-order valence-electron chi connectivity index (χ0n) is 14.3. The Bertz CT molecular complexity index is 965. The maximum absolute atomic E-state index is 13.1. The molecule has 0 bridgehead atoms. The maximum atomic E-state index is 13.1. The fourth-order valence-electron chi connectivity index (χ4n) is 2.76. The molecule has 0 radical (unpaired) electrons. The van der Waals surface area contributed by atoms with Crippen molar-refractivity contribution in [2.24, 2.45) is 0 Å². The van der Waals surface area contributed by atoms with Crippen LogP contribution in [0, 0.1) is 5.82 Å². The molecule has 0 aliphatic rings. The van der Waals surface area contributed by atoms with Crippen LogP contribution >= 0.6 is 0 Å². The number of carbonyl (C=O) groups is 1. The minimum absolute atomic E-state index is 0.187. The van der Waals surface area contributed by atoms with Gasteiger partial charge in [-0.15, -0.1) is 0 Å². The van der Waals surface area contributed by atoms with Gasteiger partial charge in [0.15, 0.2) is 5.76 Å². The molecule has 136 valence electrons. The van der Waals surface area contributed by atoms with E-state index >= 15 is 0 Å². The first-order valence-corrected chi connectivity index (χ1v) is 8.39. The van der Waals surface area contributed by atoms with Crippen molar-refractivity contribution in [2.75, 3.05) is 0 Å². The van der Waals surface area contributed by atoms with Gasteiger partial charge in [0.25, 0.3) is 5.91 Å². The quantitative estimate of drug-likeness (QED) is 0.476. The Morgan fingerprint density at radius 2 is 1.48 bits per heavy atom. The number of halogens is 1. The van der Waals surface area contributed by atoms with E-state index < -0.39 is 0 Å². The summed E-state index contributed by atoms with van der Waals surface area (Å²) in [7, 11) is 0. The Balaban J connectivity index is 1.58. The van der Waals surface area contributed by atoms with Crippen molar-refractivity contribution in [3.8, 4) is 11.3 Å². The Morgan fingerprint density at radius 3 is 2.04 bits per heavy atom. The normalized spacial score (nSPS) is 10.9. The summed E-state index contributed by atoms with van der Waals surface area (Å²) in [6.45, 7) is 0.554. The number of benzene rings is 1. The molecule has 0 spiro atoms. The summed E-state index contributed by atoms with van der Waals surface area (Å²) in [5, 5.41) is 0. The van der Waals surface area contributed by atoms with Crippen molar-refractivity contribution in [2.45, 2.75) is 13.1 Å². The van der Waals surface area contributed by atoms with Gasteiger partial charge in [0.05, 0.1) is 25.6 Å². The molecule has 3 aromatic heterocycles. The molecule has 0 fully saturated rings. The van der Waals surface area contributed by atoms with Crippen molar-refractivity contribution in [1.29, 1.82) is 0 Å². The summed E-state index contributed by atoms with van der Waals surface area (Å²) in [5.74, 6) is 1.36. The number of amides is 1. The number of hydrogen-bond acceptors (Lipinski definition) is 4. The second-order valence-corrected chi connectivity index (χ2v) is 5.99. The lowest BCUT2D eigenvalue weighted by Crippen LogP contribution is -2.29. The van der Waals surface area contributed by atoms with Gasteiger partial charge in [0, 0.05) is 5.56 Å². The minimum Gasteiger partial charge on any atom is -0.467 e. The van der Waals surface area contributed by atoms with Gasteiger partial charge in [-0.3, -0.25) is 4.79 Å². The summed E-state index contributed by atoms with van der Waals surface area (Å²) in [4.78, 5) is 14.6. The highest BCUT2D eigenvalue weighted by Gasteiger charge is 2.22. The largest absolute Gasteiger partial charge is 0.467 e. The van der Waals surface area contributed by atoms with Crippen molar-refractivity contribution in [3.05, 3.63) is 96.3 Å². The van der Waals surface area contributed by atoms with Crippen LogP contribution < -0.4 is 0 Å². The summed E-state index contributed by atoms with van der Waals surface area (Å²) in [6, 6.07) is 16.3. The van der Waals surface area contributed by atoms with Crippen LogP contribution in [0.1, 0.15) is 22.1 Å². The van der Waals surface area contributed by atoms with Crippen molar-refractivity contribution < 1.29 is 22.4 Å². The molecule has 5 nitrogen and oxygen atoms in total. The lowest BCUT2D eigenvalue weighted by molar-refractivity contribution is 0.0673. The minimum atomic E-state index is -0.329. The van der Waals surface area contributed by atoms with Gasteiger partial charge < -0.3 is 18.2 Å². The molecule has 0 atom stereocenters. The summed E-state index contributed by atoms with van der Waals surface area (Å²) >= 11 is 0. The van der Waals surface area contributed by atoms with Crippen LogP contribution in [0.15, 0.2) is 86.4 Å². The number of carbonyl (C=O) groups excluding carboxylic acids is 1. The maximum Gasteiger partial charge on any atom is 0.290 e. The third kappa shape index (κ3) is 3.84. The van der Waals surface area contributed by atoms with E-state index in [-0.39, 0.29) is 30.6 Å². The van der Waals surface area contributed by atoms with Crippen molar-refractivity contribution >= 4 is 5.91 Å². The van der Waals surface area contributed by atoms with E-state index in [1.165, 1.54) is 12.1 Å². The van der Waals surface area contributed by atoms with Gasteiger partial charge in [0.2, 0.25) is 0 Å². The molecule has 4 aromatic rings. The molecular formula is C21H16FNO4. The van der Waals surface area contributed by atoms with Gasteiger partial charge in [0.1, 0.15) is 23.1 Å². The standard InChI is InChI=1S/C21H16FNO4/c22-16-7-5-15(6-8-16)19-9-10-20(27-19)21(24)23(13-17-3-1-11-25-17)14-18-4-2-12-26-18/h1-12H,13-14H2. The van der Waals surface area contributed by atoms with E-state index in [1.807, 2.05) is 0 Å². The van der Waals surface area contributed by atoms with E-state index in [0.29, 0.717) is 22.8 Å². The summed E-state index contributed by atoms with van der Waals surface area (Å²) in [5.41, 5.74) is 0.694. The van der Waals surface area contributed by atoms with E-state index in [2.05, 4.69) is 0 Å². The molecule has 6 heteroatoms. The predicted octanol–water partition coefficient (Wildman–Crippen LogP) is 5.11. The fraction of sp³-hybridized carbons (Fsp3) is 0.0952. The number of nitrogens with zero attached hydrogens (tertiary/aromatic N) is 1. The first-order valence-electron chi connectivity index (χ1n) is 8.39. The van der Waals surface area contributed by atoms with Crippen molar-refractivity contribution in [1.82, 2.24) is 4.90 Å². The molecule has 4 rings (SSSR count). The molecule has 3 heterocycles. The SMILES string of the molecule is O=C(c1ccc(-c2ccc(F)cc2)o1)N(Cc1ccco1)Cc1ccco1. The summed E-state index contributed by atoms with van der Waals surface area (Å²) in [6.07, 6.45) is 3.12. The Kier molecular flexibility index (Phi) is 4.61. The van der Waals surface area contributed by atoms with Gasteiger partial charge in [-0.1, -0.05) is 0 Å². The first kappa shape index (κ1) is 16.9. The lowest BCUT2D eigenvalue weighted by Gasteiger charge is -2.19. The zero-order valence-corrected chi connectivity index (χ0v) is 14.3. The van der Waals surface area contributed by atoms with Crippen LogP contribution in [0.25, 0.3) is 11.3 Å². The highest BCUT2D eigenvalue weighted by molar-refractivity contribution is 5.92. The predicted molar refractivity (Wildman–Crippen MR) is 95.1 cm³/mol. The van der Waals surface area contributed by atoms with E-state index in [9.17, 15) is 9.18 Å². The Labute approximate surface area is 154 Å². The molecule has 0 aliphatic carbocycles. The van der Waals surface area contributed by atoms with Gasteiger partial charge in [-0.25, -0.2) is 4.39 Å². The van der Waals surface area contributed by atoms with Crippen LogP contribution in [-0.4, -0.2) is 10.8 Å². The number of furan rings is 3. The van der Waals surface area contributed by atoms with Crippen LogP contribution in [0.3, 0.4) is 0 Å². The first-order chi connectivity index (χ1) is 13.2. The lowest BCUT2D eigenvalue weighted by atomic mass is 10.2. The number of hydrogen-bond donors (Lipinski definition) is 0. The Morgan fingerprint density at radius 1 is 0.852 bits per heavy atom. The second-order valence-electron chi connectivity index (χ2n) is 5.99. The van der Waals surface area contributed by atoms with E-state index in [1.54, 1.807) is 66.0 Å². The van der Waals surface area contributed by atoms with Crippen LogP contribution in [-0.2, 0) is 13.1 Å². The average molecular weight is 365 g/mol. The zero-order chi connectivity index (χ0) is 18.6. The molecule has 0 aliphatic heterocycles. The van der Waals surface area contributed by atoms with Crippen LogP contribution in [0.4, 0.5) is 4.39 Å². The molecule has 0 saturated heterocycles. The number of rotatable bonds is 6. The molecule has 1 amide bonds. The van der Waals surface area contributed by atoms with Crippen molar-refractivity contribution in [3.63, 3.8) is 0 Å². The van der Waals surface area contributed by atoms with E-state index in [0.717, 1.165) is 0 Å². The Hall–Kier alpha value is -3.54.